The van der Waals surface area contributed by atoms with Gasteiger partial charge in [0.05, 0.1) is 5.56 Å². The predicted octanol–water partition coefficient (Wildman–Crippen LogP) is 2.96. The van der Waals surface area contributed by atoms with Crippen LogP contribution in [-0.4, -0.2) is 0 Å². The number of rotatable bonds is 0. The Morgan fingerprint density at radius 3 is 2.60 bits per heavy atom. The van der Waals surface area contributed by atoms with Crippen molar-refractivity contribution in [2.24, 2.45) is 5.73 Å². The summed E-state index contributed by atoms with van der Waals surface area (Å²) in [7, 11) is 0. The molecule has 1 aliphatic carbocycles. The van der Waals surface area contributed by atoms with Crippen LogP contribution in [0.15, 0.2) is 12.1 Å². The molecule has 0 aromatic heterocycles. The van der Waals surface area contributed by atoms with E-state index >= 15 is 0 Å². The van der Waals surface area contributed by atoms with Crippen molar-refractivity contribution in [3.8, 4) is 0 Å². The zero-order chi connectivity index (χ0) is 11.2. The van der Waals surface area contributed by atoms with Crippen LogP contribution in [0, 0.1) is 6.92 Å². The Labute approximate surface area is 86.1 Å². The molecule has 82 valence electrons. The molecule has 1 aromatic rings. The Bertz CT molecular complexity index is 396. The van der Waals surface area contributed by atoms with Crippen LogP contribution in [-0.2, 0) is 12.6 Å². The molecule has 0 spiro atoms. The number of alkyl halides is 3. The Morgan fingerprint density at radius 1 is 1.33 bits per heavy atom. The van der Waals surface area contributed by atoms with Gasteiger partial charge in [-0.05, 0) is 42.5 Å². The zero-order valence-electron chi connectivity index (χ0n) is 8.36. The normalized spacial score (nSPS) is 20.5. The number of nitrogens with two attached hydrogens (primary N) is 1. The molecule has 1 atom stereocenters. The topological polar surface area (TPSA) is 26.0 Å². The van der Waals surface area contributed by atoms with Gasteiger partial charge in [0.1, 0.15) is 0 Å². The lowest BCUT2D eigenvalue weighted by atomic mass is 9.97. The molecule has 0 saturated carbocycles. The molecule has 1 nitrogen and oxygen atoms in total. The molecule has 15 heavy (non-hydrogen) atoms. The van der Waals surface area contributed by atoms with Crippen molar-refractivity contribution < 1.29 is 13.2 Å². The molecule has 0 amide bonds. The lowest BCUT2D eigenvalue weighted by molar-refractivity contribution is -0.138. The van der Waals surface area contributed by atoms with Gasteiger partial charge in [0.15, 0.2) is 0 Å². The fourth-order valence-electron chi connectivity index (χ4n) is 2.22. The zero-order valence-corrected chi connectivity index (χ0v) is 8.36. The summed E-state index contributed by atoms with van der Waals surface area (Å²) >= 11 is 0. The van der Waals surface area contributed by atoms with Crippen molar-refractivity contribution in [1.29, 1.82) is 0 Å². The maximum Gasteiger partial charge on any atom is 0.416 e. The quantitative estimate of drug-likeness (QED) is 0.707. The molecule has 0 heterocycles. The molecule has 0 radical (unpaired) electrons. The van der Waals surface area contributed by atoms with E-state index in [0.29, 0.717) is 18.4 Å². The highest BCUT2D eigenvalue weighted by molar-refractivity contribution is 5.46. The van der Waals surface area contributed by atoms with E-state index in [1.165, 1.54) is 6.07 Å². The second kappa shape index (κ2) is 3.23. The molecule has 2 N–H and O–H groups in total. The third kappa shape index (κ3) is 1.63. The van der Waals surface area contributed by atoms with Crippen LogP contribution in [0.3, 0.4) is 0 Å². The van der Waals surface area contributed by atoms with Crippen LogP contribution in [0.2, 0.25) is 0 Å². The van der Waals surface area contributed by atoms with E-state index < -0.39 is 17.8 Å². The van der Waals surface area contributed by atoms with Gasteiger partial charge in [0, 0.05) is 6.04 Å². The first-order chi connectivity index (χ1) is 6.91. The molecule has 1 aliphatic rings. The van der Waals surface area contributed by atoms with Gasteiger partial charge >= 0.3 is 6.18 Å². The van der Waals surface area contributed by atoms with E-state index in [1.54, 1.807) is 0 Å². The van der Waals surface area contributed by atoms with Crippen molar-refractivity contribution in [2.45, 2.75) is 32.0 Å². The predicted molar refractivity (Wildman–Crippen MR) is 51.4 cm³/mol. The molecule has 4 heteroatoms. The third-order valence-electron chi connectivity index (χ3n) is 2.97. The van der Waals surface area contributed by atoms with Crippen LogP contribution in [0.5, 0.6) is 0 Å². The highest BCUT2D eigenvalue weighted by atomic mass is 19.4. The average molecular weight is 215 g/mol. The number of fused-ring (bicyclic) bond motifs is 1. The second-order valence-electron chi connectivity index (χ2n) is 3.97. The Balaban J connectivity index is 2.64. The largest absolute Gasteiger partial charge is 0.416 e. The summed E-state index contributed by atoms with van der Waals surface area (Å²) in [6, 6.07) is 2.20. The van der Waals surface area contributed by atoms with E-state index in [4.69, 9.17) is 5.73 Å². The smallest absolute Gasteiger partial charge is 0.324 e. The van der Waals surface area contributed by atoms with Crippen LogP contribution in [0.4, 0.5) is 13.2 Å². The first-order valence-corrected chi connectivity index (χ1v) is 4.86. The number of hydrogen-bond acceptors (Lipinski definition) is 1. The van der Waals surface area contributed by atoms with Gasteiger partial charge in [-0.15, -0.1) is 0 Å². The fraction of sp³-hybridized carbons (Fsp3) is 0.455. The summed E-state index contributed by atoms with van der Waals surface area (Å²) in [6.45, 7) is 1.83. The molecule has 0 bridgehead atoms. The summed E-state index contributed by atoms with van der Waals surface area (Å²) in [6.07, 6.45) is -3.02. The molecule has 1 unspecified atom stereocenters. The molecule has 0 aliphatic heterocycles. The molecule has 2 rings (SSSR count). The minimum absolute atomic E-state index is 0.308. The summed E-state index contributed by atoms with van der Waals surface area (Å²) in [4.78, 5) is 0. The number of aryl methyl sites for hydroxylation is 1. The molecule has 0 fully saturated rings. The van der Waals surface area contributed by atoms with Crippen molar-refractivity contribution in [3.63, 3.8) is 0 Å². The van der Waals surface area contributed by atoms with E-state index in [2.05, 4.69) is 0 Å². The molecular formula is C11H12F3N. The van der Waals surface area contributed by atoms with Crippen LogP contribution >= 0.6 is 0 Å². The first-order valence-electron chi connectivity index (χ1n) is 4.86. The second-order valence-corrected chi connectivity index (χ2v) is 3.97. The monoisotopic (exact) mass is 215 g/mol. The van der Waals surface area contributed by atoms with E-state index in [1.807, 2.05) is 6.92 Å². The van der Waals surface area contributed by atoms with Crippen molar-refractivity contribution in [1.82, 2.24) is 0 Å². The summed E-state index contributed by atoms with van der Waals surface area (Å²) in [5.41, 5.74) is 7.16. The van der Waals surface area contributed by atoms with Gasteiger partial charge in [-0.25, -0.2) is 0 Å². The molecule has 1 aromatic carbocycles. The average Bonchev–Trinajstić information content (AvgIpc) is 2.48. The Morgan fingerprint density at radius 2 is 2.00 bits per heavy atom. The highest BCUT2D eigenvalue weighted by Crippen LogP contribution is 2.41. The standard InChI is InChI=1S/C11H12F3N/c1-6-2-4-8(11(12,13)14)10-7(6)3-5-9(10)15/h2,4,9H,3,5,15H2,1H3. The number of benzene rings is 1. The van der Waals surface area contributed by atoms with Gasteiger partial charge in [-0.3, -0.25) is 0 Å². The fourth-order valence-corrected chi connectivity index (χ4v) is 2.22. The maximum absolute atomic E-state index is 12.7. The van der Waals surface area contributed by atoms with Crippen LogP contribution in [0.25, 0.3) is 0 Å². The van der Waals surface area contributed by atoms with E-state index in [9.17, 15) is 13.2 Å². The number of hydrogen-bond donors (Lipinski definition) is 1. The maximum atomic E-state index is 12.7. The van der Waals surface area contributed by atoms with Gasteiger partial charge in [0.25, 0.3) is 0 Å². The Hall–Kier alpha value is -1.03. The van der Waals surface area contributed by atoms with Crippen molar-refractivity contribution >= 4 is 0 Å². The summed E-state index contributed by atoms with van der Waals surface area (Å²) < 4.78 is 38.1. The van der Waals surface area contributed by atoms with Gasteiger partial charge in [0.2, 0.25) is 0 Å². The third-order valence-corrected chi connectivity index (χ3v) is 2.97. The van der Waals surface area contributed by atoms with Gasteiger partial charge in [-0.1, -0.05) is 6.07 Å². The van der Waals surface area contributed by atoms with Crippen molar-refractivity contribution in [3.05, 3.63) is 34.4 Å². The Kier molecular flexibility index (Phi) is 2.26. The lowest BCUT2D eigenvalue weighted by Gasteiger charge is -2.16. The van der Waals surface area contributed by atoms with Crippen molar-refractivity contribution in [2.75, 3.05) is 0 Å². The summed E-state index contributed by atoms with van der Waals surface area (Å²) in [5.74, 6) is 0. The minimum atomic E-state index is -4.29. The number of halogens is 3. The SMILES string of the molecule is Cc1ccc(C(F)(F)F)c2c1CCC2N. The minimum Gasteiger partial charge on any atom is -0.324 e. The van der Waals surface area contributed by atoms with Crippen LogP contribution < -0.4 is 5.73 Å². The first kappa shape index (κ1) is 10.5. The lowest BCUT2D eigenvalue weighted by Crippen LogP contribution is -2.15. The van der Waals surface area contributed by atoms with E-state index in [-0.39, 0.29) is 0 Å². The molecular weight excluding hydrogens is 203 g/mol. The van der Waals surface area contributed by atoms with E-state index in [0.717, 1.165) is 17.2 Å². The highest BCUT2D eigenvalue weighted by Gasteiger charge is 2.37. The molecule has 0 saturated heterocycles. The van der Waals surface area contributed by atoms with Gasteiger partial charge < -0.3 is 5.73 Å². The van der Waals surface area contributed by atoms with Gasteiger partial charge in [-0.2, -0.15) is 13.2 Å². The summed E-state index contributed by atoms with van der Waals surface area (Å²) in [5, 5.41) is 0. The van der Waals surface area contributed by atoms with Crippen LogP contribution in [0.1, 0.15) is 34.7 Å².